The van der Waals surface area contributed by atoms with Gasteiger partial charge in [-0.25, -0.2) is 0 Å². The zero-order chi connectivity index (χ0) is 13.7. The molecular formula is C17H25NO. The Kier molecular flexibility index (Phi) is 5.17. The molecule has 104 valence electrons. The van der Waals surface area contributed by atoms with E-state index in [1.807, 2.05) is 0 Å². The van der Waals surface area contributed by atoms with Crippen molar-refractivity contribution in [2.75, 3.05) is 13.1 Å². The van der Waals surface area contributed by atoms with Crippen LogP contribution in [0.1, 0.15) is 38.7 Å². The maximum Gasteiger partial charge on any atom is 0.107 e. The third-order valence-corrected chi connectivity index (χ3v) is 3.81. The highest BCUT2D eigenvalue weighted by atomic mass is 16.3. The van der Waals surface area contributed by atoms with Crippen molar-refractivity contribution < 1.29 is 5.11 Å². The molecule has 1 aromatic rings. The first-order valence-electron chi connectivity index (χ1n) is 7.33. The van der Waals surface area contributed by atoms with Crippen LogP contribution in [0.5, 0.6) is 0 Å². The number of nitrogens with zero attached hydrogens (tertiary/aromatic N) is 1. The van der Waals surface area contributed by atoms with Crippen molar-refractivity contribution in [2.45, 2.75) is 39.3 Å². The zero-order valence-corrected chi connectivity index (χ0v) is 12.0. The Morgan fingerprint density at radius 2 is 1.89 bits per heavy atom. The minimum absolute atomic E-state index is 0.282. The smallest absolute Gasteiger partial charge is 0.107 e. The molecule has 2 heteroatoms. The Labute approximate surface area is 116 Å². The van der Waals surface area contributed by atoms with E-state index in [2.05, 4.69) is 55.2 Å². The van der Waals surface area contributed by atoms with E-state index in [4.69, 9.17) is 0 Å². The van der Waals surface area contributed by atoms with Crippen molar-refractivity contribution in [1.82, 2.24) is 4.90 Å². The van der Waals surface area contributed by atoms with Crippen molar-refractivity contribution in [2.24, 2.45) is 5.92 Å². The van der Waals surface area contributed by atoms with Gasteiger partial charge in [0.2, 0.25) is 0 Å². The lowest BCUT2D eigenvalue weighted by molar-refractivity contribution is 0.00119. The van der Waals surface area contributed by atoms with Crippen LogP contribution in [0, 0.1) is 5.92 Å². The summed E-state index contributed by atoms with van der Waals surface area (Å²) in [7, 11) is 0. The van der Waals surface area contributed by atoms with Crippen LogP contribution >= 0.6 is 0 Å². The summed E-state index contributed by atoms with van der Waals surface area (Å²) in [5.74, 6) is 0.662. The van der Waals surface area contributed by atoms with Crippen LogP contribution in [-0.2, 0) is 0 Å². The predicted octanol–water partition coefficient (Wildman–Crippen LogP) is 3.53. The fourth-order valence-electron chi connectivity index (χ4n) is 2.53. The van der Waals surface area contributed by atoms with E-state index in [-0.39, 0.29) is 6.23 Å². The van der Waals surface area contributed by atoms with Gasteiger partial charge in [0, 0.05) is 13.1 Å². The van der Waals surface area contributed by atoms with Crippen LogP contribution in [-0.4, -0.2) is 29.3 Å². The molecule has 0 aromatic heterocycles. The van der Waals surface area contributed by atoms with Crippen LogP contribution in [0.15, 0.2) is 36.4 Å². The number of hydrogen-bond donors (Lipinski definition) is 1. The second kappa shape index (κ2) is 6.88. The molecule has 0 fully saturated rings. The summed E-state index contributed by atoms with van der Waals surface area (Å²) in [5, 5.41) is 10.2. The molecular weight excluding hydrogens is 234 g/mol. The average Bonchev–Trinajstić information content (AvgIpc) is 2.46. The van der Waals surface area contributed by atoms with Gasteiger partial charge >= 0.3 is 0 Å². The van der Waals surface area contributed by atoms with E-state index in [0.717, 1.165) is 32.4 Å². The monoisotopic (exact) mass is 259 g/mol. The van der Waals surface area contributed by atoms with Crippen molar-refractivity contribution in [1.29, 1.82) is 0 Å². The highest BCUT2D eigenvalue weighted by Crippen LogP contribution is 2.23. The van der Waals surface area contributed by atoms with Crippen LogP contribution in [0.4, 0.5) is 0 Å². The molecule has 0 bridgehead atoms. The summed E-state index contributed by atoms with van der Waals surface area (Å²) in [4.78, 5) is 2.18. The fraction of sp³-hybridized carbons (Fsp3) is 0.529. The summed E-state index contributed by atoms with van der Waals surface area (Å²) >= 11 is 0. The van der Waals surface area contributed by atoms with Gasteiger partial charge in [-0.15, -0.1) is 0 Å². The molecule has 1 atom stereocenters. The lowest BCUT2D eigenvalue weighted by Crippen LogP contribution is -2.38. The Bertz CT molecular complexity index is 411. The number of hydrogen-bond acceptors (Lipinski definition) is 2. The molecule has 0 spiro atoms. The molecule has 0 saturated heterocycles. The number of rotatable bonds is 5. The molecule has 2 nitrogen and oxygen atoms in total. The Balaban J connectivity index is 1.89. The highest BCUT2D eigenvalue weighted by molar-refractivity contribution is 5.66. The molecule has 1 N–H and O–H groups in total. The second-order valence-electron chi connectivity index (χ2n) is 5.79. The standard InChI is InChI=1S/C17H25NO/c1-14(2)8-9-17(19)18-12-10-16(11-13-18)15-6-4-3-5-7-15/h3-7,10,14,17,19H,8-9,11-13H2,1-2H3/t17-/m1/s1. The lowest BCUT2D eigenvalue weighted by Gasteiger charge is -2.31. The largest absolute Gasteiger partial charge is 0.378 e. The van der Waals surface area contributed by atoms with Gasteiger partial charge in [0.1, 0.15) is 6.23 Å². The van der Waals surface area contributed by atoms with E-state index in [0.29, 0.717) is 5.92 Å². The van der Waals surface area contributed by atoms with Crippen LogP contribution in [0.3, 0.4) is 0 Å². The molecule has 0 aliphatic carbocycles. The van der Waals surface area contributed by atoms with Crippen molar-refractivity contribution in [3.8, 4) is 0 Å². The summed E-state index contributed by atoms with van der Waals surface area (Å²) in [6.45, 7) is 6.23. The van der Waals surface area contributed by atoms with Gasteiger partial charge in [0.25, 0.3) is 0 Å². The Morgan fingerprint density at radius 1 is 1.16 bits per heavy atom. The third kappa shape index (κ3) is 4.19. The summed E-state index contributed by atoms with van der Waals surface area (Å²) in [5.41, 5.74) is 2.73. The molecule has 19 heavy (non-hydrogen) atoms. The van der Waals surface area contributed by atoms with Gasteiger partial charge in [0.15, 0.2) is 0 Å². The zero-order valence-electron chi connectivity index (χ0n) is 12.0. The molecule has 2 rings (SSSR count). The van der Waals surface area contributed by atoms with Gasteiger partial charge in [-0.3, -0.25) is 4.90 Å². The first kappa shape index (κ1) is 14.3. The van der Waals surface area contributed by atoms with E-state index in [1.54, 1.807) is 0 Å². The van der Waals surface area contributed by atoms with Crippen molar-refractivity contribution in [3.05, 3.63) is 42.0 Å². The highest BCUT2D eigenvalue weighted by Gasteiger charge is 2.19. The maximum absolute atomic E-state index is 10.2. The second-order valence-corrected chi connectivity index (χ2v) is 5.79. The SMILES string of the molecule is CC(C)CC[C@@H](O)N1CC=C(c2ccccc2)CC1. The Hall–Kier alpha value is -1.12. The maximum atomic E-state index is 10.2. The minimum atomic E-state index is -0.282. The van der Waals surface area contributed by atoms with Crippen molar-refractivity contribution in [3.63, 3.8) is 0 Å². The summed E-state index contributed by atoms with van der Waals surface area (Å²) in [6.07, 6.45) is 4.98. The molecule has 0 unspecified atom stereocenters. The van der Waals surface area contributed by atoms with Gasteiger partial charge in [0.05, 0.1) is 0 Å². The van der Waals surface area contributed by atoms with Gasteiger partial charge in [-0.2, -0.15) is 0 Å². The molecule has 1 aromatic carbocycles. The molecule has 1 aliphatic heterocycles. The molecule has 0 radical (unpaired) electrons. The molecule has 1 aliphatic rings. The lowest BCUT2D eigenvalue weighted by atomic mass is 9.99. The first-order valence-corrected chi connectivity index (χ1v) is 7.33. The minimum Gasteiger partial charge on any atom is -0.378 e. The van der Waals surface area contributed by atoms with E-state index < -0.39 is 0 Å². The van der Waals surface area contributed by atoms with Gasteiger partial charge < -0.3 is 5.11 Å². The number of aliphatic hydroxyl groups excluding tert-OH is 1. The van der Waals surface area contributed by atoms with E-state index in [9.17, 15) is 5.11 Å². The van der Waals surface area contributed by atoms with Crippen LogP contribution in [0.25, 0.3) is 5.57 Å². The number of aliphatic hydroxyl groups is 1. The average molecular weight is 259 g/mol. The molecule has 1 heterocycles. The third-order valence-electron chi connectivity index (χ3n) is 3.81. The van der Waals surface area contributed by atoms with Crippen molar-refractivity contribution >= 4 is 5.57 Å². The Morgan fingerprint density at radius 3 is 2.47 bits per heavy atom. The van der Waals surface area contributed by atoms with Crippen LogP contribution < -0.4 is 0 Å². The quantitative estimate of drug-likeness (QED) is 0.874. The molecule has 0 saturated carbocycles. The van der Waals surface area contributed by atoms with Gasteiger partial charge in [-0.05, 0) is 36.3 Å². The van der Waals surface area contributed by atoms with E-state index in [1.165, 1.54) is 11.1 Å². The molecule has 0 amide bonds. The van der Waals surface area contributed by atoms with Gasteiger partial charge in [-0.1, -0.05) is 50.3 Å². The normalized spacial score (nSPS) is 18.4. The predicted molar refractivity (Wildman–Crippen MR) is 80.7 cm³/mol. The summed E-state index contributed by atoms with van der Waals surface area (Å²) in [6, 6.07) is 10.5. The van der Waals surface area contributed by atoms with Crippen LogP contribution in [0.2, 0.25) is 0 Å². The number of benzene rings is 1. The first-order chi connectivity index (χ1) is 9.16. The summed E-state index contributed by atoms with van der Waals surface area (Å²) < 4.78 is 0. The topological polar surface area (TPSA) is 23.5 Å². The van der Waals surface area contributed by atoms with E-state index >= 15 is 0 Å². The fourth-order valence-corrected chi connectivity index (χ4v) is 2.53.